The van der Waals surface area contributed by atoms with Crippen molar-refractivity contribution >= 4 is 29.6 Å². The number of halogens is 1. The predicted molar refractivity (Wildman–Crippen MR) is 101 cm³/mol. The highest BCUT2D eigenvalue weighted by atomic mass is 35.5. The van der Waals surface area contributed by atoms with E-state index in [0.717, 1.165) is 23.4 Å². The number of rotatable bonds is 6. The van der Waals surface area contributed by atoms with Crippen LogP contribution in [-0.4, -0.2) is 35.8 Å². The molecule has 132 valence electrons. The van der Waals surface area contributed by atoms with Crippen molar-refractivity contribution < 1.29 is 9.53 Å². The van der Waals surface area contributed by atoms with Crippen LogP contribution in [0.25, 0.3) is 0 Å². The molecule has 0 fully saturated rings. The topological polar surface area (TPSA) is 54.8 Å². The van der Waals surface area contributed by atoms with Crippen LogP contribution in [-0.2, 0) is 11.3 Å². The minimum absolute atomic E-state index is 0.107. The number of aliphatic imine (C=N–C) groups is 1. The SMILES string of the molecule is CCN(C)C=Nc1cc(Cl)c(C(=O)OCc2ccc(C)cn2)cc1C. The molecular weight excluding hydrogens is 338 g/mol. The van der Waals surface area contributed by atoms with Crippen molar-refractivity contribution in [3.8, 4) is 0 Å². The van der Waals surface area contributed by atoms with Gasteiger partial charge in [0, 0.05) is 19.8 Å². The smallest absolute Gasteiger partial charge is 0.340 e. The molecule has 0 aliphatic rings. The number of esters is 1. The molecule has 1 heterocycles. The molecule has 0 bridgehead atoms. The third-order valence-corrected chi connectivity index (χ3v) is 4.03. The lowest BCUT2D eigenvalue weighted by Gasteiger charge is -2.11. The van der Waals surface area contributed by atoms with Crippen LogP contribution in [0.4, 0.5) is 5.69 Å². The van der Waals surface area contributed by atoms with Gasteiger partial charge in [0.05, 0.1) is 28.3 Å². The van der Waals surface area contributed by atoms with Crippen LogP contribution < -0.4 is 0 Å². The summed E-state index contributed by atoms with van der Waals surface area (Å²) in [6.45, 7) is 6.83. The second-order valence-corrected chi connectivity index (χ2v) is 6.25. The molecule has 5 nitrogen and oxygen atoms in total. The number of carbonyl (C=O) groups is 1. The Hall–Kier alpha value is -2.40. The van der Waals surface area contributed by atoms with Gasteiger partial charge < -0.3 is 9.64 Å². The van der Waals surface area contributed by atoms with Gasteiger partial charge in [0.2, 0.25) is 0 Å². The molecule has 0 saturated carbocycles. The molecule has 0 saturated heterocycles. The number of benzene rings is 1. The van der Waals surface area contributed by atoms with Gasteiger partial charge in [0.25, 0.3) is 0 Å². The van der Waals surface area contributed by atoms with Crippen molar-refractivity contribution in [2.45, 2.75) is 27.4 Å². The normalized spacial score (nSPS) is 10.9. The first kappa shape index (κ1) is 18.9. The standard InChI is InChI=1S/C19H22ClN3O2/c1-5-23(4)12-22-18-9-17(20)16(8-14(18)3)19(24)25-11-15-7-6-13(2)10-21-15/h6-10,12H,5,11H2,1-4H3. The fourth-order valence-electron chi connectivity index (χ4n) is 2.01. The first-order chi connectivity index (χ1) is 11.9. The Bertz CT molecular complexity index is 773. The van der Waals surface area contributed by atoms with Gasteiger partial charge in [-0.05, 0) is 50.1 Å². The van der Waals surface area contributed by atoms with E-state index in [1.54, 1.807) is 24.7 Å². The molecule has 0 amide bonds. The van der Waals surface area contributed by atoms with E-state index in [4.69, 9.17) is 16.3 Å². The van der Waals surface area contributed by atoms with Gasteiger partial charge in [-0.15, -0.1) is 0 Å². The number of carbonyl (C=O) groups excluding carboxylic acids is 1. The molecule has 0 unspecified atom stereocenters. The lowest BCUT2D eigenvalue weighted by molar-refractivity contribution is 0.0468. The first-order valence-electron chi connectivity index (χ1n) is 8.04. The van der Waals surface area contributed by atoms with Gasteiger partial charge in [0.15, 0.2) is 0 Å². The van der Waals surface area contributed by atoms with Crippen molar-refractivity contribution in [3.05, 3.63) is 57.9 Å². The monoisotopic (exact) mass is 359 g/mol. The fraction of sp³-hybridized carbons (Fsp3) is 0.316. The van der Waals surface area contributed by atoms with Crippen molar-refractivity contribution in [1.82, 2.24) is 9.88 Å². The molecule has 0 N–H and O–H groups in total. The largest absolute Gasteiger partial charge is 0.456 e. The Morgan fingerprint density at radius 3 is 2.76 bits per heavy atom. The van der Waals surface area contributed by atoms with E-state index in [1.165, 1.54) is 0 Å². The lowest BCUT2D eigenvalue weighted by Crippen LogP contribution is -2.14. The van der Waals surface area contributed by atoms with E-state index < -0.39 is 5.97 Å². The highest BCUT2D eigenvalue weighted by molar-refractivity contribution is 6.33. The van der Waals surface area contributed by atoms with E-state index in [-0.39, 0.29) is 6.61 Å². The minimum Gasteiger partial charge on any atom is -0.456 e. The molecule has 1 aromatic carbocycles. The van der Waals surface area contributed by atoms with Gasteiger partial charge in [-0.25, -0.2) is 9.79 Å². The quantitative estimate of drug-likeness (QED) is 0.438. The Morgan fingerprint density at radius 1 is 1.36 bits per heavy atom. The zero-order valence-corrected chi connectivity index (χ0v) is 15.7. The first-order valence-corrected chi connectivity index (χ1v) is 8.41. The molecule has 2 rings (SSSR count). The molecule has 0 atom stereocenters. The zero-order chi connectivity index (χ0) is 18.4. The van der Waals surface area contributed by atoms with Crippen LogP contribution in [0.15, 0.2) is 35.5 Å². The number of ether oxygens (including phenoxy) is 1. The van der Waals surface area contributed by atoms with Crippen LogP contribution in [0.3, 0.4) is 0 Å². The third-order valence-electron chi connectivity index (χ3n) is 3.72. The molecular formula is C19H22ClN3O2. The highest BCUT2D eigenvalue weighted by Gasteiger charge is 2.15. The van der Waals surface area contributed by atoms with Crippen LogP contribution in [0.2, 0.25) is 5.02 Å². The Kier molecular flexibility index (Phi) is 6.53. The maximum Gasteiger partial charge on any atom is 0.340 e. The van der Waals surface area contributed by atoms with Crippen LogP contribution in [0.5, 0.6) is 0 Å². The second kappa shape index (κ2) is 8.62. The summed E-state index contributed by atoms with van der Waals surface area (Å²) < 4.78 is 5.31. The summed E-state index contributed by atoms with van der Waals surface area (Å²) in [5.74, 6) is -0.475. The van der Waals surface area contributed by atoms with Crippen molar-refractivity contribution in [2.75, 3.05) is 13.6 Å². The van der Waals surface area contributed by atoms with Crippen LogP contribution in [0.1, 0.15) is 34.1 Å². The molecule has 0 aliphatic heterocycles. The summed E-state index contributed by atoms with van der Waals surface area (Å²) in [6.07, 6.45) is 3.47. The number of aryl methyl sites for hydroxylation is 2. The van der Waals surface area contributed by atoms with Gasteiger partial charge in [-0.1, -0.05) is 17.7 Å². The summed E-state index contributed by atoms with van der Waals surface area (Å²) >= 11 is 6.24. The van der Waals surface area contributed by atoms with Gasteiger partial charge in [-0.2, -0.15) is 0 Å². The number of hydrogen-bond acceptors (Lipinski definition) is 4. The summed E-state index contributed by atoms with van der Waals surface area (Å²) in [5, 5.41) is 0.318. The van der Waals surface area contributed by atoms with Gasteiger partial charge in [-0.3, -0.25) is 4.98 Å². The Morgan fingerprint density at radius 2 is 2.12 bits per heavy atom. The van der Waals surface area contributed by atoms with Crippen molar-refractivity contribution in [1.29, 1.82) is 0 Å². The zero-order valence-electron chi connectivity index (χ0n) is 14.9. The maximum atomic E-state index is 12.3. The van der Waals surface area contributed by atoms with E-state index in [1.807, 2.05) is 44.9 Å². The van der Waals surface area contributed by atoms with E-state index >= 15 is 0 Å². The third kappa shape index (κ3) is 5.29. The number of pyridine rings is 1. The van der Waals surface area contributed by atoms with E-state index in [2.05, 4.69) is 9.98 Å². The van der Waals surface area contributed by atoms with E-state index in [9.17, 15) is 4.79 Å². The van der Waals surface area contributed by atoms with Gasteiger partial charge in [0.1, 0.15) is 6.61 Å². The van der Waals surface area contributed by atoms with Crippen LogP contribution in [0, 0.1) is 13.8 Å². The van der Waals surface area contributed by atoms with Crippen LogP contribution >= 0.6 is 11.6 Å². The molecule has 25 heavy (non-hydrogen) atoms. The number of nitrogens with zero attached hydrogens (tertiary/aromatic N) is 3. The predicted octanol–water partition coefficient (Wildman–Crippen LogP) is 4.32. The summed E-state index contributed by atoms with van der Waals surface area (Å²) in [4.78, 5) is 22.9. The number of aromatic nitrogens is 1. The average molecular weight is 360 g/mol. The maximum absolute atomic E-state index is 12.3. The summed E-state index contributed by atoms with van der Waals surface area (Å²) in [6, 6.07) is 7.13. The number of hydrogen-bond donors (Lipinski definition) is 0. The molecule has 0 radical (unpaired) electrons. The Balaban J connectivity index is 2.10. The van der Waals surface area contributed by atoms with E-state index in [0.29, 0.717) is 16.3 Å². The molecule has 0 aliphatic carbocycles. The van der Waals surface area contributed by atoms with Crippen molar-refractivity contribution in [2.24, 2.45) is 4.99 Å². The van der Waals surface area contributed by atoms with Gasteiger partial charge >= 0.3 is 5.97 Å². The summed E-state index contributed by atoms with van der Waals surface area (Å²) in [5.41, 5.74) is 3.65. The minimum atomic E-state index is -0.475. The Labute approximate surface area is 153 Å². The second-order valence-electron chi connectivity index (χ2n) is 5.84. The summed E-state index contributed by atoms with van der Waals surface area (Å²) in [7, 11) is 1.94. The molecule has 1 aromatic heterocycles. The highest BCUT2D eigenvalue weighted by Crippen LogP contribution is 2.27. The average Bonchev–Trinajstić information content (AvgIpc) is 2.61. The lowest BCUT2D eigenvalue weighted by atomic mass is 10.1. The molecule has 2 aromatic rings. The van der Waals surface area contributed by atoms with Crippen molar-refractivity contribution in [3.63, 3.8) is 0 Å². The fourth-order valence-corrected chi connectivity index (χ4v) is 2.25. The molecule has 6 heteroatoms. The molecule has 0 spiro atoms.